The van der Waals surface area contributed by atoms with Crippen molar-refractivity contribution in [3.63, 3.8) is 0 Å². The van der Waals surface area contributed by atoms with Crippen molar-refractivity contribution >= 4 is 5.91 Å². The fourth-order valence-electron chi connectivity index (χ4n) is 4.88. The lowest BCUT2D eigenvalue weighted by atomic mass is 9.60. The Kier molecular flexibility index (Phi) is 4.82. The van der Waals surface area contributed by atoms with Gasteiger partial charge in [-0.3, -0.25) is 9.78 Å². The van der Waals surface area contributed by atoms with Crippen molar-refractivity contribution in [3.8, 4) is 0 Å². The SMILES string of the molecule is O=C(CCCc1ccncc1)NC1C2CCCC2C1c1ccccc1. The van der Waals surface area contributed by atoms with E-state index in [1.54, 1.807) is 0 Å². The number of rotatable bonds is 6. The molecule has 2 saturated carbocycles. The lowest BCUT2D eigenvalue weighted by Crippen LogP contribution is -2.56. The average Bonchev–Trinajstić information content (AvgIpc) is 3.05. The smallest absolute Gasteiger partial charge is 0.220 e. The molecule has 2 aromatic rings. The van der Waals surface area contributed by atoms with E-state index in [0.29, 0.717) is 24.3 Å². The molecule has 25 heavy (non-hydrogen) atoms. The number of pyridine rings is 1. The average molecular weight is 334 g/mol. The molecule has 130 valence electrons. The first-order valence-electron chi connectivity index (χ1n) is 9.56. The Labute approximate surface area is 149 Å². The molecular weight excluding hydrogens is 308 g/mol. The normalized spacial score (nSPS) is 27.4. The largest absolute Gasteiger partial charge is 0.352 e. The number of nitrogens with one attached hydrogen (secondary N) is 1. The van der Waals surface area contributed by atoms with Gasteiger partial charge >= 0.3 is 0 Å². The van der Waals surface area contributed by atoms with Gasteiger partial charge in [-0.15, -0.1) is 0 Å². The maximum Gasteiger partial charge on any atom is 0.220 e. The van der Waals surface area contributed by atoms with Gasteiger partial charge in [-0.1, -0.05) is 36.8 Å². The van der Waals surface area contributed by atoms with Gasteiger partial charge in [0.25, 0.3) is 0 Å². The summed E-state index contributed by atoms with van der Waals surface area (Å²) in [5.74, 6) is 2.18. The van der Waals surface area contributed by atoms with E-state index in [9.17, 15) is 4.79 Å². The Morgan fingerprint density at radius 3 is 2.60 bits per heavy atom. The van der Waals surface area contributed by atoms with Crippen LogP contribution >= 0.6 is 0 Å². The lowest BCUT2D eigenvalue weighted by molar-refractivity contribution is -0.124. The van der Waals surface area contributed by atoms with E-state index >= 15 is 0 Å². The summed E-state index contributed by atoms with van der Waals surface area (Å²) in [7, 11) is 0. The number of hydrogen-bond donors (Lipinski definition) is 1. The molecule has 4 unspecified atom stereocenters. The van der Waals surface area contributed by atoms with Gasteiger partial charge < -0.3 is 5.32 Å². The first-order valence-corrected chi connectivity index (χ1v) is 9.56. The number of aryl methyl sites for hydroxylation is 1. The standard InChI is InChI=1S/C22H26N2O/c25-20(11-4-6-16-12-14-23-15-13-16)24-22-19-10-5-9-18(19)21(22)17-7-2-1-3-8-17/h1-3,7-8,12-15,18-19,21-22H,4-6,9-11H2,(H,24,25). The van der Waals surface area contributed by atoms with E-state index in [-0.39, 0.29) is 5.91 Å². The molecule has 0 saturated heterocycles. The second-order valence-electron chi connectivity index (χ2n) is 7.50. The first kappa shape index (κ1) is 16.3. The highest BCUT2D eigenvalue weighted by Gasteiger charge is 2.53. The Bertz CT molecular complexity index is 700. The van der Waals surface area contributed by atoms with Gasteiger partial charge in [-0.2, -0.15) is 0 Å². The van der Waals surface area contributed by atoms with Crippen LogP contribution in [0.3, 0.4) is 0 Å². The van der Waals surface area contributed by atoms with Crippen LogP contribution in [0.4, 0.5) is 0 Å². The van der Waals surface area contributed by atoms with Gasteiger partial charge in [0.1, 0.15) is 0 Å². The van der Waals surface area contributed by atoms with Crippen LogP contribution in [0.2, 0.25) is 0 Å². The summed E-state index contributed by atoms with van der Waals surface area (Å²) in [6.45, 7) is 0. The predicted octanol–water partition coefficient (Wildman–Crippen LogP) is 4.10. The van der Waals surface area contributed by atoms with Crippen molar-refractivity contribution < 1.29 is 4.79 Å². The minimum absolute atomic E-state index is 0.213. The summed E-state index contributed by atoms with van der Waals surface area (Å²) < 4.78 is 0. The molecule has 0 spiro atoms. The van der Waals surface area contributed by atoms with E-state index in [1.165, 1.54) is 30.4 Å². The molecule has 3 heteroatoms. The Morgan fingerprint density at radius 2 is 1.80 bits per heavy atom. The van der Waals surface area contributed by atoms with Crippen LogP contribution < -0.4 is 5.32 Å². The van der Waals surface area contributed by atoms with Crippen molar-refractivity contribution in [2.75, 3.05) is 0 Å². The summed E-state index contributed by atoms with van der Waals surface area (Å²) in [5.41, 5.74) is 2.65. The molecule has 0 radical (unpaired) electrons. The number of carbonyl (C=O) groups is 1. The maximum absolute atomic E-state index is 12.5. The number of amides is 1. The zero-order valence-electron chi connectivity index (χ0n) is 14.6. The molecule has 1 N–H and O–H groups in total. The molecule has 1 aromatic heterocycles. The molecule has 2 fully saturated rings. The summed E-state index contributed by atoms with van der Waals surface area (Å²) in [6, 6.07) is 15.1. The number of benzene rings is 1. The van der Waals surface area contributed by atoms with Gasteiger partial charge in [-0.05, 0) is 60.8 Å². The summed E-state index contributed by atoms with van der Waals surface area (Å²) in [5, 5.41) is 3.37. The van der Waals surface area contributed by atoms with Gasteiger partial charge in [0, 0.05) is 30.8 Å². The number of hydrogen-bond acceptors (Lipinski definition) is 2. The van der Waals surface area contributed by atoms with Crippen LogP contribution in [0.5, 0.6) is 0 Å². The molecule has 4 rings (SSSR count). The number of carbonyl (C=O) groups excluding carboxylic acids is 1. The highest BCUT2D eigenvalue weighted by molar-refractivity contribution is 5.76. The quantitative estimate of drug-likeness (QED) is 0.864. The fourth-order valence-corrected chi connectivity index (χ4v) is 4.88. The Balaban J connectivity index is 1.33. The van der Waals surface area contributed by atoms with Crippen molar-refractivity contribution in [1.29, 1.82) is 0 Å². The third kappa shape index (κ3) is 3.46. The third-order valence-corrected chi connectivity index (χ3v) is 6.07. The van der Waals surface area contributed by atoms with Crippen molar-refractivity contribution in [3.05, 3.63) is 66.0 Å². The molecule has 2 aliphatic carbocycles. The molecule has 4 atom stereocenters. The number of fused-ring (bicyclic) bond motifs is 1. The van der Waals surface area contributed by atoms with Gasteiger partial charge in [0.2, 0.25) is 5.91 Å². The van der Waals surface area contributed by atoms with Gasteiger partial charge in [-0.25, -0.2) is 0 Å². The molecule has 0 bridgehead atoms. The Morgan fingerprint density at radius 1 is 1.04 bits per heavy atom. The highest BCUT2D eigenvalue weighted by atomic mass is 16.1. The van der Waals surface area contributed by atoms with Crippen LogP contribution in [-0.4, -0.2) is 16.9 Å². The van der Waals surface area contributed by atoms with E-state index < -0.39 is 0 Å². The molecular formula is C22H26N2O. The third-order valence-electron chi connectivity index (χ3n) is 6.07. The minimum atomic E-state index is 0.213. The summed E-state index contributed by atoms with van der Waals surface area (Å²) in [4.78, 5) is 16.5. The van der Waals surface area contributed by atoms with Gasteiger partial charge in [0.05, 0.1) is 0 Å². The van der Waals surface area contributed by atoms with Crippen molar-refractivity contribution in [1.82, 2.24) is 10.3 Å². The molecule has 1 amide bonds. The fraction of sp³-hybridized carbons (Fsp3) is 0.455. The molecule has 1 aromatic carbocycles. The molecule has 0 aliphatic heterocycles. The number of nitrogens with zero attached hydrogens (tertiary/aromatic N) is 1. The summed E-state index contributed by atoms with van der Waals surface area (Å²) >= 11 is 0. The minimum Gasteiger partial charge on any atom is -0.352 e. The molecule has 1 heterocycles. The first-order chi connectivity index (χ1) is 12.3. The van der Waals surface area contributed by atoms with E-state index in [0.717, 1.165) is 18.8 Å². The van der Waals surface area contributed by atoms with Crippen LogP contribution in [0.1, 0.15) is 49.1 Å². The van der Waals surface area contributed by atoms with Crippen molar-refractivity contribution in [2.24, 2.45) is 11.8 Å². The molecule has 2 aliphatic rings. The monoisotopic (exact) mass is 334 g/mol. The zero-order chi connectivity index (χ0) is 17.1. The van der Waals surface area contributed by atoms with E-state index in [1.807, 2.05) is 24.5 Å². The predicted molar refractivity (Wildman–Crippen MR) is 99.1 cm³/mol. The summed E-state index contributed by atoms with van der Waals surface area (Å²) in [6.07, 6.45) is 9.98. The van der Waals surface area contributed by atoms with Crippen LogP contribution in [0.25, 0.3) is 0 Å². The maximum atomic E-state index is 12.5. The second-order valence-corrected chi connectivity index (χ2v) is 7.50. The number of aromatic nitrogens is 1. The lowest BCUT2D eigenvalue weighted by Gasteiger charge is -2.49. The van der Waals surface area contributed by atoms with Crippen LogP contribution in [0.15, 0.2) is 54.9 Å². The second kappa shape index (κ2) is 7.38. The zero-order valence-corrected chi connectivity index (χ0v) is 14.6. The van der Waals surface area contributed by atoms with Crippen molar-refractivity contribution in [2.45, 2.75) is 50.5 Å². The van der Waals surface area contributed by atoms with E-state index in [4.69, 9.17) is 0 Å². The van der Waals surface area contributed by atoms with E-state index in [2.05, 4.69) is 40.6 Å². The molecule has 3 nitrogen and oxygen atoms in total. The Hall–Kier alpha value is -2.16. The van der Waals surface area contributed by atoms with Gasteiger partial charge in [0.15, 0.2) is 0 Å². The van der Waals surface area contributed by atoms with Crippen LogP contribution in [-0.2, 0) is 11.2 Å². The van der Waals surface area contributed by atoms with Crippen LogP contribution in [0, 0.1) is 11.8 Å². The highest BCUT2D eigenvalue weighted by Crippen LogP contribution is 2.55. The topological polar surface area (TPSA) is 42.0 Å².